The van der Waals surface area contributed by atoms with E-state index >= 15 is 0 Å². The molecule has 5 nitrogen and oxygen atoms in total. The number of amides is 1. The normalized spacial score (nSPS) is 18.3. The standard InChI is InChI=1S/C13H16N2O3/c1-2-6-14-13(16)10-3-4-12(15-8-10)18-11-5-7-17-9-11/h2-4,8,11H,1,5-7,9H2,(H,14,16). The van der Waals surface area contributed by atoms with Gasteiger partial charge in [-0.05, 0) is 6.07 Å². The fraction of sp³-hybridized carbons (Fsp3) is 0.385. The van der Waals surface area contributed by atoms with Crippen LogP contribution in [0.25, 0.3) is 0 Å². The van der Waals surface area contributed by atoms with Crippen LogP contribution in [0.15, 0.2) is 31.0 Å². The van der Waals surface area contributed by atoms with Crippen LogP contribution in [0.1, 0.15) is 16.8 Å². The number of nitrogens with zero attached hydrogens (tertiary/aromatic N) is 1. The molecule has 0 aliphatic carbocycles. The van der Waals surface area contributed by atoms with Gasteiger partial charge in [0.25, 0.3) is 5.91 Å². The highest BCUT2D eigenvalue weighted by Gasteiger charge is 2.17. The van der Waals surface area contributed by atoms with Gasteiger partial charge in [-0.1, -0.05) is 6.08 Å². The van der Waals surface area contributed by atoms with Crippen LogP contribution in [0.2, 0.25) is 0 Å². The van der Waals surface area contributed by atoms with Gasteiger partial charge >= 0.3 is 0 Å². The molecule has 1 aliphatic heterocycles. The van der Waals surface area contributed by atoms with E-state index in [0.29, 0.717) is 24.6 Å². The minimum Gasteiger partial charge on any atom is -0.472 e. The van der Waals surface area contributed by atoms with Crippen molar-refractivity contribution in [3.05, 3.63) is 36.5 Å². The number of carbonyl (C=O) groups is 1. The molecule has 0 saturated carbocycles. The van der Waals surface area contributed by atoms with E-state index in [1.165, 1.54) is 6.20 Å². The van der Waals surface area contributed by atoms with Crippen molar-refractivity contribution >= 4 is 5.91 Å². The molecule has 1 amide bonds. The van der Waals surface area contributed by atoms with Crippen LogP contribution in [-0.2, 0) is 4.74 Å². The first-order chi connectivity index (χ1) is 8.79. The number of carbonyl (C=O) groups excluding carboxylic acids is 1. The Hall–Kier alpha value is -1.88. The van der Waals surface area contributed by atoms with Crippen molar-refractivity contribution in [2.45, 2.75) is 12.5 Å². The average molecular weight is 248 g/mol. The maximum Gasteiger partial charge on any atom is 0.253 e. The van der Waals surface area contributed by atoms with E-state index < -0.39 is 0 Å². The van der Waals surface area contributed by atoms with Gasteiger partial charge in [0.2, 0.25) is 5.88 Å². The van der Waals surface area contributed by atoms with E-state index in [2.05, 4.69) is 16.9 Å². The summed E-state index contributed by atoms with van der Waals surface area (Å²) in [6, 6.07) is 3.39. The fourth-order valence-electron chi connectivity index (χ4n) is 1.63. The van der Waals surface area contributed by atoms with Crippen molar-refractivity contribution in [3.63, 3.8) is 0 Å². The zero-order valence-corrected chi connectivity index (χ0v) is 10.1. The Morgan fingerprint density at radius 3 is 3.17 bits per heavy atom. The third kappa shape index (κ3) is 3.30. The van der Waals surface area contributed by atoms with Crippen molar-refractivity contribution in [1.29, 1.82) is 0 Å². The van der Waals surface area contributed by atoms with Crippen molar-refractivity contribution in [2.24, 2.45) is 0 Å². The molecule has 0 radical (unpaired) electrons. The molecule has 1 aromatic rings. The molecule has 1 fully saturated rings. The number of hydrogen-bond donors (Lipinski definition) is 1. The number of hydrogen-bond acceptors (Lipinski definition) is 4. The summed E-state index contributed by atoms with van der Waals surface area (Å²) in [5, 5.41) is 2.68. The van der Waals surface area contributed by atoms with Gasteiger partial charge < -0.3 is 14.8 Å². The van der Waals surface area contributed by atoms with Crippen molar-refractivity contribution in [3.8, 4) is 5.88 Å². The van der Waals surface area contributed by atoms with Gasteiger partial charge in [0, 0.05) is 25.2 Å². The second kappa shape index (κ2) is 6.16. The molecule has 1 unspecified atom stereocenters. The first-order valence-electron chi connectivity index (χ1n) is 5.89. The summed E-state index contributed by atoms with van der Waals surface area (Å²) in [4.78, 5) is 15.7. The summed E-state index contributed by atoms with van der Waals surface area (Å²) in [5.74, 6) is 0.351. The van der Waals surface area contributed by atoms with E-state index in [9.17, 15) is 4.79 Å². The van der Waals surface area contributed by atoms with Gasteiger partial charge in [-0.2, -0.15) is 0 Å². The highest BCUT2D eigenvalue weighted by atomic mass is 16.5. The Morgan fingerprint density at radius 1 is 1.67 bits per heavy atom. The zero-order valence-electron chi connectivity index (χ0n) is 10.1. The SMILES string of the molecule is C=CCNC(=O)c1ccc(OC2CCOC2)nc1. The second-order valence-electron chi connectivity index (χ2n) is 3.99. The predicted octanol–water partition coefficient (Wildman–Crippen LogP) is 1.17. The molecular formula is C13H16N2O3. The van der Waals surface area contributed by atoms with Gasteiger partial charge in [0.05, 0.1) is 18.8 Å². The van der Waals surface area contributed by atoms with Crippen LogP contribution in [0, 0.1) is 0 Å². The van der Waals surface area contributed by atoms with E-state index in [-0.39, 0.29) is 12.0 Å². The smallest absolute Gasteiger partial charge is 0.253 e. The second-order valence-corrected chi connectivity index (χ2v) is 3.99. The highest BCUT2D eigenvalue weighted by molar-refractivity contribution is 5.93. The fourth-order valence-corrected chi connectivity index (χ4v) is 1.63. The third-order valence-corrected chi connectivity index (χ3v) is 2.58. The lowest BCUT2D eigenvalue weighted by atomic mass is 10.2. The lowest BCUT2D eigenvalue weighted by molar-refractivity contribution is 0.0957. The molecule has 2 heterocycles. The minimum absolute atomic E-state index is 0.0675. The van der Waals surface area contributed by atoms with Crippen molar-refractivity contribution in [1.82, 2.24) is 10.3 Å². The third-order valence-electron chi connectivity index (χ3n) is 2.58. The maximum atomic E-state index is 11.6. The van der Waals surface area contributed by atoms with Gasteiger partial charge in [0.15, 0.2) is 0 Å². The highest BCUT2D eigenvalue weighted by Crippen LogP contribution is 2.14. The molecule has 0 bridgehead atoms. The summed E-state index contributed by atoms with van der Waals surface area (Å²) in [6.45, 7) is 5.31. The van der Waals surface area contributed by atoms with Crippen molar-refractivity contribution < 1.29 is 14.3 Å². The van der Waals surface area contributed by atoms with E-state index in [1.54, 1.807) is 18.2 Å². The number of pyridine rings is 1. The van der Waals surface area contributed by atoms with E-state index in [4.69, 9.17) is 9.47 Å². The Morgan fingerprint density at radius 2 is 2.56 bits per heavy atom. The number of nitrogens with one attached hydrogen (secondary N) is 1. The van der Waals surface area contributed by atoms with Gasteiger partial charge in [-0.15, -0.1) is 6.58 Å². The Bertz CT molecular complexity index is 411. The Kier molecular flexibility index (Phi) is 4.30. The van der Waals surface area contributed by atoms with Gasteiger partial charge in [-0.3, -0.25) is 4.79 Å². The molecule has 1 aliphatic rings. The minimum atomic E-state index is -0.168. The van der Waals surface area contributed by atoms with Crippen molar-refractivity contribution in [2.75, 3.05) is 19.8 Å². The summed E-state index contributed by atoms with van der Waals surface area (Å²) in [7, 11) is 0. The molecule has 1 aromatic heterocycles. The first kappa shape index (κ1) is 12.6. The molecule has 1 saturated heterocycles. The van der Waals surface area contributed by atoms with Gasteiger partial charge in [-0.25, -0.2) is 4.98 Å². The molecule has 5 heteroatoms. The maximum absolute atomic E-state index is 11.6. The van der Waals surface area contributed by atoms with Crippen LogP contribution in [0.4, 0.5) is 0 Å². The predicted molar refractivity (Wildman–Crippen MR) is 66.6 cm³/mol. The van der Waals surface area contributed by atoms with Crippen LogP contribution >= 0.6 is 0 Å². The number of ether oxygens (including phenoxy) is 2. The summed E-state index contributed by atoms with van der Waals surface area (Å²) in [5.41, 5.74) is 0.506. The molecule has 1 N–H and O–H groups in total. The lowest BCUT2D eigenvalue weighted by Gasteiger charge is -2.10. The molecule has 1 atom stereocenters. The molecular weight excluding hydrogens is 232 g/mol. The molecule has 0 spiro atoms. The van der Waals surface area contributed by atoms with Gasteiger partial charge in [0.1, 0.15) is 6.10 Å². The summed E-state index contributed by atoms with van der Waals surface area (Å²) < 4.78 is 10.8. The lowest BCUT2D eigenvalue weighted by Crippen LogP contribution is -2.23. The number of aromatic nitrogens is 1. The monoisotopic (exact) mass is 248 g/mol. The zero-order chi connectivity index (χ0) is 12.8. The first-order valence-corrected chi connectivity index (χ1v) is 5.89. The quantitative estimate of drug-likeness (QED) is 0.794. The average Bonchev–Trinajstić information content (AvgIpc) is 2.89. The number of rotatable bonds is 5. The van der Waals surface area contributed by atoms with E-state index in [0.717, 1.165) is 13.0 Å². The largest absolute Gasteiger partial charge is 0.472 e. The summed E-state index contributed by atoms with van der Waals surface area (Å²) >= 11 is 0. The van der Waals surface area contributed by atoms with E-state index in [1.807, 2.05) is 0 Å². The molecule has 96 valence electrons. The van der Waals surface area contributed by atoms with Crippen LogP contribution in [0.3, 0.4) is 0 Å². The molecule has 2 rings (SSSR count). The Labute approximate surface area is 106 Å². The molecule has 0 aromatic carbocycles. The van der Waals surface area contributed by atoms with Crippen LogP contribution in [0.5, 0.6) is 5.88 Å². The Balaban J connectivity index is 1.91. The summed E-state index contributed by atoms with van der Waals surface area (Å²) in [6.07, 6.45) is 4.08. The van der Waals surface area contributed by atoms with Crippen LogP contribution in [-0.4, -0.2) is 36.8 Å². The topological polar surface area (TPSA) is 60.5 Å². The molecule has 18 heavy (non-hydrogen) atoms. The van der Waals surface area contributed by atoms with Crippen LogP contribution < -0.4 is 10.1 Å².